The molecule has 0 heterocycles. The van der Waals surface area contributed by atoms with Crippen LogP contribution in [0.5, 0.6) is 11.5 Å². The molecular weight excluding hydrogens is 542 g/mol. The minimum absolute atomic E-state index is 0.0321. The fourth-order valence-corrected chi connectivity index (χ4v) is 5.74. The number of ether oxygens (including phenoxy) is 2. The van der Waals surface area contributed by atoms with Gasteiger partial charge in [0.1, 0.15) is 12.6 Å². The fraction of sp³-hybridized carbons (Fsp3) is 0.355. The molecule has 2 amide bonds. The van der Waals surface area contributed by atoms with Gasteiger partial charge in [-0.15, -0.1) is 0 Å². The van der Waals surface area contributed by atoms with E-state index in [1.807, 2.05) is 45.0 Å². The molecule has 0 unspecified atom stereocenters. The number of carbonyl (C=O) groups excluding carboxylic acids is 2. The van der Waals surface area contributed by atoms with Crippen LogP contribution in [0.2, 0.25) is 0 Å². The predicted octanol–water partition coefficient (Wildman–Crippen LogP) is 4.46. The lowest BCUT2D eigenvalue weighted by Crippen LogP contribution is -2.51. The Bertz CT molecular complexity index is 1460. The molecule has 3 aromatic carbocycles. The topological polar surface area (TPSA) is 105 Å². The molecular formula is C31H39N3O6S. The number of hydrogen-bond acceptors (Lipinski definition) is 6. The molecule has 0 aliphatic carbocycles. The Morgan fingerprint density at radius 1 is 0.902 bits per heavy atom. The van der Waals surface area contributed by atoms with E-state index in [0.29, 0.717) is 18.0 Å². The molecule has 1 N–H and O–H groups in total. The first-order valence-corrected chi connectivity index (χ1v) is 14.9. The van der Waals surface area contributed by atoms with Gasteiger partial charge in [0.05, 0.1) is 24.8 Å². The normalized spacial score (nSPS) is 11.9. The van der Waals surface area contributed by atoms with Crippen molar-refractivity contribution in [3.05, 3.63) is 83.4 Å². The maximum Gasteiger partial charge on any atom is 0.264 e. The quantitative estimate of drug-likeness (QED) is 0.320. The molecule has 0 spiro atoms. The molecule has 3 aromatic rings. The molecule has 3 rings (SSSR count). The van der Waals surface area contributed by atoms with E-state index in [2.05, 4.69) is 5.32 Å². The number of methoxy groups -OCH3 is 2. The Morgan fingerprint density at radius 2 is 1.59 bits per heavy atom. The lowest BCUT2D eigenvalue weighted by Gasteiger charge is -2.32. The van der Waals surface area contributed by atoms with Crippen molar-refractivity contribution in [2.75, 3.05) is 31.6 Å². The molecule has 0 aliphatic heterocycles. The number of nitrogens with zero attached hydrogens (tertiary/aromatic N) is 2. The second kappa shape index (κ2) is 14.0. The van der Waals surface area contributed by atoms with Crippen molar-refractivity contribution in [3.8, 4) is 11.5 Å². The number of aryl methyl sites for hydroxylation is 2. The second-order valence-electron chi connectivity index (χ2n) is 9.84. The third-order valence-corrected chi connectivity index (χ3v) is 8.48. The standard InChI is InChI=1S/C31H39N3O6S/c1-7-17-32-31(36)24(4)33(20-25-10-8-9-23(3)18-25)30(35)21-34(26-13-16-28(39-5)29(19-26)40-6)41(37,38)27-14-11-22(2)12-15-27/h8-16,18-19,24H,7,17,20-21H2,1-6H3,(H,32,36)/t24-/m1/s1. The Balaban J connectivity index is 2.08. The first-order valence-electron chi connectivity index (χ1n) is 13.5. The van der Waals surface area contributed by atoms with Crippen molar-refractivity contribution in [2.24, 2.45) is 0 Å². The smallest absolute Gasteiger partial charge is 0.264 e. The summed E-state index contributed by atoms with van der Waals surface area (Å²) in [4.78, 5) is 28.5. The summed E-state index contributed by atoms with van der Waals surface area (Å²) in [6, 6.07) is 17.9. The molecule has 0 radical (unpaired) electrons. The Kier molecular flexibility index (Phi) is 10.8. The van der Waals surface area contributed by atoms with Gasteiger partial charge in [-0.1, -0.05) is 54.4 Å². The van der Waals surface area contributed by atoms with Crippen LogP contribution in [0.4, 0.5) is 5.69 Å². The number of rotatable bonds is 13. The molecule has 220 valence electrons. The molecule has 0 bridgehead atoms. The number of benzene rings is 3. The summed E-state index contributed by atoms with van der Waals surface area (Å²) in [5.74, 6) is -0.119. The molecule has 41 heavy (non-hydrogen) atoms. The van der Waals surface area contributed by atoms with E-state index in [1.54, 1.807) is 31.2 Å². The van der Waals surface area contributed by atoms with Crippen molar-refractivity contribution in [2.45, 2.75) is 51.6 Å². The summed E-state index contributed by atoms with van der Waals surface area (Å²) in [7, 11) is -1.26. The van der Waals surface area contributed by atoms with Gasteiger partial charge in [0.15, 0.2) is 11.5 Å². The van der Waals surface area contributed by atoms with Crippen LogP contribution in [0.1, 0.15) is 37.0 Å². The Labute approximate surface area is 243 Å². The van der Waals surface area contributed by atoms with Gasteiger partial charge in [-0.25, -0.2) is 8.42 Å². The SMILES string of the molecule is CCCNC(=O)[C@@H](C)N(Cc1cccc(C)c1)C(=O)CN(c1ccc(OC)c(OC)c1)S(=O)(=O)c1ccc(C)cc1. The lowest BCUT2D eigenvalue weighted by atomic mass is 10.1. The molecule has 0 aliphatic rings. The highest BCUT2D eigenvalue weighted by Gasteiger charge is 2.33. The number of carbonyl (C=O) groups is 2. The minimum Gasteiger partial charge on any atom is -0.493 e. The summed E-state index contributed by atoms with van der Waals surface area (Å²) in [5.41, 5.74) is 2.95. The van der Waals surface area contributed by atoms with Crippen molar-refractivity contribution < 1.29 is 27.5 Å². The van der Waals surface area contributed by atoms with Crippen LogP contribution in [0.15, 0.2) is 71.6 Å². The molecule has 9 nitrogen and oxygen atoms in total. The van der Waals surface area contributed by atoms with E-state index < -0.39 is 28.5 Å². The van der Waals surface area contributed by atoms with E-state index in [-0.39, 0.29) is 23.0 Å². The van der Waals surface area contributed by atoms with Crippen LogP contribution in [0.3, 0.4) is 0 Å². The molecule has 0 fully saturated rings. The zero-order valence-electron chi connectivity index (χ0n) is 24.5. The summed E-state index contributed by atoms with van der Waals surface area (Å²) >= 11 is 0. The number of anilines is 1. The average molecular weight is 582 g/mol. The van der Waals surface area contributed by atoms with Gasteiger partial charge < -0.3 is 19.7 Å². The first-order chi connectivity index (χ1) is 19.5. The van der Waals surface area contributed by atoms with E-state index >= 15 is 0 Å². The first kappa shape index (κ1) is 31.5. The highest BCUT2D eigenvalue weighted by Crippen LogP contribution is 2.34. The Hall–Kier alpha value is -4.05. The maximum atomic E-state index is 14.0. The molecule has 0 aromatic heterocycles. The van der Waals surface area contributed by atoms with Gasteiger partial charge >= 0.3 is 0 Å². The zero-order chi connectivity index (χ0) is 30.2. The van der Waals surface area contributed by atoms with Crippen LogP contribution in [0.25, 0.3) is 0 Å². The van der Waals surface area contributed by atoms with Crippen LogP contribution < -0.4 is 19.1 Å². The summed E-state index contributed by atoms with van der Waals surface area (Å²) in [5, 5.41) is 2.84. The van der Waals surface area contributed by atoms with Crippen LogP contribution >= 0.6 is 0 Å². The van der Waals surface area contributed by atoms with E-state index in [1.165, 1.54) is 37.3 Å². The van der Waals surface area contributed by atoms with Crippen LogP contribution in [0, 0.1) is 13.8 Å². The van der Waals surface area contributed by atoms with Crippen LogP contribution in [-0.2, 0) is 26.2 Å². The van der Waals surface area contributed by atoms with Gasteiger partial charge in [0.2, 0.25) is 11.8 Å². The van der Waals surface area contributed by atoms with Crippen molar-refractivity contribution >= 4 is 27.5 Å². The fourth-order valence-electron chi connectivity index (χ4n) is 4.33. The third kappa shape index (κ3) is 7.79. The number of sulfonamides is 1. The number of hydrogen-bond donors (Lipinski definition) is 1. The van der Waals surface area contributed by atoms with Gasteiger partial charge in [0, 0.05) is 19.2 Å². The monoisotopic (exact) mass is 581 g/mol. The minimum atomic E-state index is -4.19. The number of amides is 2. The molecule has 0 saturated heterocycles. The van der Waals surface area contributed by atoms with Gasteiger partial charge in [-0.05, 0) is 57.0 Å². The van der Waals surface area contributed by atoms with Gasteiger partial charge in [0.25, 0.3) is 10.0 Å². The van der Waals surface area contributed by atoms with Gasteiger partial charge in [-0.3, -0.25) is 13.9 Å². The van der Waals surface area contributed by atoms with Crippen molar-refractivity contribution in [1.29, 1.82) is 0 Å². The number of nitrogens with one attached hydrogen (secondary N) is 1. The van der Waals surface area contributed by atoms with E-state index in [9.17, 15) is 18.0 Å². The third-order valence-electron chi connectivity index (χ3n) is 6.69. The summed E-state index contributed by atoms with van der Waals surface area (Å²) < 4.78 is 39.8. The largest absolute Gasteiger partial charge is 0.493 e. The molecule has 10 heteroatoms. The van der Waals surface area contributed by atoms with E-state index in [4.69, 9.17) is 9.47 Å². The summed E-state index contributed by atoms with van der Waals surface area (Å²) in [6.07, 6.45) is 0.742. The maximum absolute atomic E-state index is 14.0. The highest BCUT2D eigenvalue weighted by molar-refractivity contribution is 7.92. The lowest BCUT2D eigenvalue weighted by molar-refractivity contribution is -0.139. The molecule has 1 atom stereocenters. The predicted molar refractivity (Wildman–Crippen MR) is 160 cm³/mol. The van der Waals surface area contributed by atoms with Gasteiger partial charge in [-0.2, -0.15) is 0 Å². The average Bonchev–Trinajstić information content (AvgIpc) is 2.96. The zero-order valence-corrected chi connectivity index (χ0v) is 25.3. The summed E-state index contributed by atoms with van der Waals surface area (Å²) in [6.45, 7) is 7.45. The van der Waals surface area contributed by atoms with Crippen molar-refractivity contribution in [1.82, 2.24) is 10.2 Å². The van der Waals surface area contributed by atoms with Crippen molar-refractivity contribution in [3.63, 3.8) is 0 Å². The Morgan fingerprint density at radius 3 is 2.20 bits per heavy atom. The highest BCUT2D eigenvalue weighted by atomic mass is 32.2. The second-order valence-corrected chi connectivity index (χ2v) is 11.7. The van der Waals surface area contributed by atoms with E-state index in [0.717, 1.165) is 27.4 Å². The van der Waals surface area contributed by atoms with Crippen LogP contribution in [-0.4, -0.2) is 58.5 Å². The molecule has 0 saturated carbocycles.